The van der Waals surface area contributed by atoms with Gasteiger partial charge in [0.25, 0.3) is 0 Å². The van der Waals surface area contributed by atoms with Crippen molar-refractivity contribution in [3.05, 3.63) is 35.0 Å². The fourth-order valence-corrected chi connectivity index (χ4v) is 2.57. The Labute approximate surface area is 119 Å². The highest BCUT2D eigenvalue weighted by molar-refractivity contribution is 7.08. The van der Waals surface area contributed by atoms with Gasteiger partial charge in [0.05, 0.1) is 17.9 Å². The fraction of sp³-hybridized carbons (Fsp3) is 0.154. The maximum atomic E-state index is 6.08. The second kappa shape index (κ2) is 5.30. The number of anilines is 1. The van der Waals surface area contributed by atoms with E-state index in [1.165, 1.54) is 0 Å². The molecule has 0 aliphatic carbocycles. The van der Waals surface area contributed by atoms with E-state index in [1.807, 2.05) is 41.9 Å². The third-order valence-corrected chi connectivity index (χ3v) is 3.47. The molecule has 0 radical (unpaired) electrons. The van der Waals surface area contributed by atoms with Gasteiger partial charge in [0.15, 0.2) is 5.82 Å². The van der Waals surface area contributed by atoms with Crippen molar-refractivity contribution in [1.29, 1.82) is 0 Å². The molecule has 6 nitrogen and oxygen atoms in total. The molecule has 0 amide bonds. The number of benzene rings is 1. The molecule has 0 aliphatic rings. The number of aromatic nitrogens is 4. The van der Waals surface area contributed by atoms with Gasteiger partial charge in [-0.25, -0.2) is 0 Å². The van der Waals surface area contributed by atoms with Crippen LogP contribution in [0.15, 0.2) is 35.0 Å². The Hall–Kier alpha value is -2.41. The zero-order valence-electron chi connectivity index (χ0n) is 10.9. The van der Waals surface area contributed by atoms with Crippen LogP contribution in [0.1, 0.15) is 6.92 Å². The van der Waals surface area contributed by atoms with Crippen molar-refractivity contribution < 1.29 is 4.74 Å². The fourth-order valence-electron chi connectivity index (χ4n) is 1.96. The zero-order valence-corrected chi connectivity index (χ0v) is 11.7. The molecule has 0 saturated carbocycles. The molecule has 0 fully saturated rings. The summed E-state index contributed by atoms with van der Waals surface area (Å²) in [5.41, 5.74) is 8.28. The Kier molecular flexibility index (Phi) is 3.34. The van der Waals surface area contributed by atoms with Crippen molar-refractivity contribution in [2.75, 3.05) is 12.3 Å². The summed E-state index contributed by atoms with van der Waals surface area (Å²) in [4.78, 5) is 0. The highest BCUT2D eigenvalue weighted by Crippen LogP contribution is 2.34. The lowest BCUT2D eigenvalue weighted by Gasteiger charge is -2.11. The quantitative estimate of drug-likeness (QED) is 0.745. The Morgan fingerprint density at radius 2 is 2.25 bits per heavy atom. The molecule has 0 spiro atoms. The Balaban J connectivity index is 2.17. The second-order valence-corrected chi connectivity index (χ2v) is 4.83. The van der Waals surface area contributed by atoms with Crippen LogP contribution in [0.25, 0.3) is 17.1 Å². The van der Waals surface area contributed by atoms with Gasteiger partial charge in [0, 0.05) is 11.1 Å². The van der Waals surface area contributed by atoms with Crippen molar-refractivity contribution in [2.24, 2.45) is 0 Å². The van der Waals surface area contributed by atoms with Crippen LogP contribution in [0.4, 0.5) is 5.69 Å². The molecule has 3 rings (SSSR count). The summed E-state index contributed by atoms with van der Waals surface area (Å²) in [6, 6.07) is 7.47. The maximum Gasteiger partial charge on any atom is 0.192 e. The van der Waals surface area contributed by atoms with Crippen molar-refractivity contribution >= 4 is 17.0 Å². The molecule has 3 aromatic rings. The minimum Gasteiger partial charge on any atom is -0.493 e. The highest BCUT2D eigenvalue weighted by atomic mass is 32.1. The first-order valence-electron chi connectivity index (χ1n) is 6.14. The Morgan fingerprint density at radius 3 is 3.00 bits per heavy atom. The Bertz CT molecular complexity index is 707. The van der Waals surface area contributed by atoms with Crippen LogP contribution in [-0.4, -0.2) is 26.8 Å². The van der Waals surface area contributed by atoms with Gasteiger partial charge >= 0.3 is 0 Å². The smallest absolute Gasteiger partial charge is 0.192 e. The Morgan fingerprint density at radius 1 is 1.35 bits per heavy atom. The lowest BCUT2D eigenvalue weighted by molar-refractivity contribution is 0.341. The van der Waals surface area contributed by atoms with Gasteiger partial charge in [-0.05, 0) is 40.9 Å². The maximum absolute atomic E-state index is 6.08. The van der Waals surface area contributed by atoms with Crippen LogP contribution in [0.3, 0.4) is 0 Å². The number of rotatable bonds is 4. The monoisotopic (exact) mass is 287 g/mol. The number of ether oxygens (including phenoxy) is 1. The summed E-state index contributed by atoms with van der Waals surface area (Å²) >= 11 is 1.58. The largest absolute Gasteiger partial charge is 0.493 e. The van der Waals surface area contributed by atoms with Gasteiger partial charge in [0.2, 0.25) is 0 Å². The lowest BCUT2D eigenvalue weighted by atomic mass is 10.1. The number of tetrazole rings is 1. The van der Waals surface area contributed by atoms with Gasteiger partial charge < -0.3 is 10.5 Å². The number of hydrogen-bond acceptors (Lipinski definition) is 6. The molecule has 20 heavy (non-hydrogen) atoms. The van der Waals surface area contributed by atoms with E-state index in [0.29, 0.717) is 29.4 Å². The van der Waals surface area contributed by atoms with E-state index in [2.05, 4.69) is 15.5 Å². The third kappa shape index (κ3) is 2.12. The topological polar surface area (TPSA) is 78.8 Å². The molecule has 0 aliphatic heterocycles. The second-order valence-electron chi connectivity index (χ2n) is 4.05. The van der Waals surface area contributed by atoms with Crippen molar-refractivity contribution in [1.82, 2.24) is 20.2 Å². The normalized spacial score (nSPS) is 10.7. The molecule has 0 atom stereocenters. The molecule has 2 N–H and O–H groups in total. The highest BCUT2D eigenvalue weighted by Gasteiger charge is 2.18. The van der Waals surface area contributed by atoms with Crippen LogP contribution < -0.4 is 10.5 Å². The minimum absolute atomic E-state index is 0.552. The number of nitrogens with zero attached hydrogens (tertiary/aromatic N) is 4. The van der Waals surface area contributed by atoms with Gasteiger partial charge in [-0.1, -0.05) is 6.07 Å². The first-order valence-corrected chi connectivity index (χ1v) is 7.08. The molecule has 2 heterocycles. The summed E-state index contributed by atoms with van der Waals surface area (Å²) in [5.74, 6) is 1.25. The summed E-state index contributed by atoms with van der Waals surface area (Å²) in [5, 5.41) is 15.8. The van der Waals surface area contributed by atoms with Crippen molar-refractivity contribution in [2.45, 2.75) is 6.92 Å². The van der Waals surface area contributed by atoms with Gasteiger partial charge in [-0.3, -0.25) is 0 Å². The van der Waals surface area contributed by atoms with Crippen LogP contribution in [0.2, 0.25) is 0 Å². The number of hydrogen-bond donors (Lipinski definition) is 1. The minimum atomic E-state index is 0.552. The van der Waals surface area contributed by atoms with Crippen LogP contribution in [-0.2, 0) is 0 Å². The summed E-state index contributed by atoms with van der Waals surface area (Å²) in [6.07, 6.45) is 0. The predicted octanol–water partition coefficient (Wildman–Crippen LogP) is 2.37. The van der Waals surface area contributed by atoms with E-state index in [9.17, 15) is 0 Å². The lowest BCUT2D eigenvalue weighted by Crippen LogP contribution is -2.03. The number of nitrogens with two attached hydrogens (primary N) is 1. The van der Waals surface area contributed by atoms with Crippen LogP contribution in [0, 0.1) is 0 Å². The molecule has 2 aromatic heterocycles. The summed E-state index contributed by atoms with van der Waals surface area (Å²) in [6.45, 7) is 2.48. The van der Waals surface area contributed by atoms with E-state index < -0.39 is 0 Å². The van der Waals surface area contributed by atoms with E-state index >= 15 is 0 Å². The SMILES string of the molecule is CCOc1cccc(N)c1-c1nnnn1-c1ccsc1. The van der Waals surface area contributed by atoms with Gasteiger partial charge in [-0.15, -0.1) is 5.10 Å². The number of thiophene rings is 1. The van der Waals surface area contributed by atoms with E-state index in [4.69, 9.17) is 10.5 Å². The van der Waals surface area contributed by atoms with Crippen molar-refractivity contribution in [3.8, 4) is 22.8 Å². The molecule has 7 heteroatoms. The van der Waals surface area contributed by atoms with Crippen LogP contribution >= 0.6 is 11.3 Å². The zero-order chi connectivity index (χ0) is 13.9. The average molecular weight is 287 g/mol. The van der Waals surface area contributed by atoms with Gasteiger partial charge in [-0.2, -0.15) is 16.0 Å². The molecule has 0 bridgehead atoms. The molecule has 1 aromatic carbocycles. The molecule has 0 saturated heterocycles. The summed E-state index contributed by atoms with van der Waals surface area (Å²) in [7, 11) is 0. The first kappa shape index (κ1) is 12.6. The molecular formula is C13H13N5OS. The van der Waals surface area contributed by atoms with Crippen LogP contribution in [0.5, 0.6) is 5.75 Å². The average Bonchev–Trinajstić information content (AvgIpc) is 3.09. The molecule has 102 valence electrons. The predicted molar refractivity (Wildman–Crippen MR) is 78.0 cm³/mol. The first-order chi connectivity index (χ1) is 9.81. The van der Waals surface area contributed by atoms with E-state index in [1.54, 1.807) is 16.0 Å². The number of nitrogen functional groups attached to an aromatic ring is 1. The molecular weight excluding hydrogens is 274 g/mol. The van der Waals surface area contributed by atoms with Gasteiger partial charge in [0.1, 0.15) is 5.75 Å². The van der Waals surface area contributed by atoms with E-state index in [0.717, 1.165) is 5.69 Å². The molecule has 0 unspecified atom stereocenters. The standard InChI is InChI=1S/C13H13N5OS/c1-2-19-11-5-3-4-10(14)12(11)13-15-16-17-18(13)9-6-7-20-8-9/h3-8H,2,14H2,1H3. The van der Waals surface area contributed by atoms with E-state index in [-0.39, 0.29) is 0 Å². The third-order valence-electron chi connectivity index (χ3n) is 2.80. The van der Waals surface area contributed by atoms with Crippen molar-refractivity contribution in [3.63, 3.8) is 0 Å². The summed E-state index contributed by atoms with van der Waals surface area (Å²) < 4.78 is 7.29.